The van der Waals surface area contributed by atoms with Crippen LogP contribution in [0.1, 0.15) is 24.0 Å². The lowest BCUT2D eigenvalue weighted by Gasteiger charge is -2.03. The van der Waals surface area contributed by atoms with E-state index in [-0.39, 0.29) is 5.82 Å². The highest BCUT2D eigenvalue weighted by Crippen LogP contribution is 2.28. The first-order valence-electron chi connectivity index (χ1n) is 6.72. The molecule has 0 amide bonds. The van der Waals surface area contributed by atoms with Gasteiger partial charge in [-0.25, -0.2) is 13.9 Å². The molecule has 0 spiro atoms. The van der Waals surface area contributed by atoms with E-state index in [1.54, 1.807) is 12.1 Å². The second-order valence-electron chi connectivity index (χ2n) is 4.96. The van der Waals surface area contributed by atoms with Gasteiger partial charge in [-0.1, -0.05) is 19.1 Å². The fraction of sp³-hybridized carbons (Fsp3) is 0.250. The predicted molar refractivity (Wildman–Crippen MR) is 77.2 cm³/mol. The van der Waals surface area contributed by atoms with Crippen LogP contribution in [0.15, 0.2) is 30.3 Å². The first-order valence-corrected chi connectivity index (χ1v) is 6.72. The van der Waals surface area contributed by atoms with E-state index < -0.39 is 0 Å². The summed E-state index contributed by atoms with van der Waals surface area (Å²) in [7, 11) is 0. The maximum absolute atomic E-state index is 13.1. The monoisotopic (exact) mass is 269 g/mol. The fourth-order valence-electron chi connectivity index (χ4n) is 2.52. The van der Waals surface area contributed by atoms with E-state index in [1.165, 1.54) is 12.1 Å². The number of halogens is 1. The molecule has 3 aromatic rings. The number of fused-ring (bicyclic) bond motifs is 1. The maximum Gasteiger partial charge on any atom is 0.163 e. The highest BCUT2D eigenvalue weighted by molar-refractivity contribution is 5.80. The summed E-state index contributed by atoms with van der Waals surface area (Å²) in [5, 5.41) is 4.63. The van der Waals surface area contributed by atoms with Crippen LogP contribution in [0.2, 0.25) is 0 Å². The third kappa shape index (κ3) is 1.97. The number of aromatic nitrogens is 3. The quantitative estimate of drug-likeness (QED) is 0.710. The highest BCUT2D eigenvalue weighted by atomic mass is 19.1. The van der Waals surface area contributed by atoms with Crippen molar-refractivity contribution in [2.24, 2.45) is 0 Å². The lowest BCUT2D eigenvalue weighted by Crippen LogP contribution is -1.97. The summed E-state index contributed by atoms with van der Waals surface area (Å²) in [6, 6.07) is 8.52. The zero-order chi connectivity index (χ0) is 14.3. The minimum absolute atomic E-state index is 0.233. The number of aryl methyl sites for hydroxylation is 3. The van der Waals surface area contributed by atoms with Crippen molar-refractivity contribution < 1.29 is 4.39 Å². The molecular weight excluding hydrogens is 253 g/mol. The van der Waals surface area contributed by atoms with E-state index in [1.807, 2.05) is 24.4 Å². The van der Waals surface area contributed by atoms with Gasteiger partial charge in [0.15, 0.2) is 5.65 Å². The van der Waals surface area contributed by atoms with E-state index in [4.69, 9.17) is 0 Å². The number of nitrogens with zero attached hydrogens (tertiary/aromatic N) is 3. The zero-order valence-corrected chi connectivity index (χ0v) is 11.8. The number of hydrogen-bond acceptors (Lipinski definition) is 2. The second kappa shape index (κ2) is 4.71. The third-order valence-corrected chi connectivity index (χ3v) is 3.44. The number of rotatable bonds is 2. The number of hydrogen-bond donors (Lipinski definition) is 0. The maximum atomic E-state index is 13.1. The van der Waals surface area contributed by atoms with Gasteiger partial charge in [0.2, 0.25) is 0 Å². The molecule has 3 nitrogen and oxygen atoms in total. The number of benzene rings is 1. The molecule has 0 N–H and O–H groups in total. The molecule has 0 fully saturated rings. The lowest BCUT2D eigenvalue weighted by molar-refractivity contribution is 0.628. The molecule has 102 valence electrons. The van der Waals surface area contributed by atoms with Crippen molar-refractivity contribution in [2.45, 2.75) is 27.2 Å². The minimum atomic E-state index is -0.233. The SMILES string of the molecule is CCc1nn2c(C)cc(C)nc2c1-c1ccc(F)cc1. The molecule has 0 aliphatic heterocycles. The van der Waals surface area contributed by atoms with Crippen molar-refractivity contribution in [1.29, 1.82) is 0 Å². The summed E-state index contributed by atoms with van der Waals surface area (Å²) in [5.41, 5.74) is 5.79. The van der Waals surface area contributed by atoms with Gasteiger partial charge in [0, 0.05) is 17.0 Å². The molecule has 0 saturated heterocycles. The van der Waals surface area contributed by atoms with Gasteiger partial charge < -0.3 is 0 Å². The van der Waals surface area contributed by atoms with E-state index in [2.05, 4.69) is 17.0 Å². The summed E-state index contributed by atoms with van der Waals surface area (Å²) >= 11 is 0. The van der Waals surface area contributed by atoms with Gasteiger partial charge >= 0.3 is 0 Å². The molecule has 1 aromatic carbocycles. The molecule has 4 heteroatoms. The molecule has 0 aliphatic carbocycles. The molecule has 2 aromatic heterocycles. The molecule has 0 bridgehead atoms. The Morgan fingerprint density at radius 1 is 1.15 bits per heavy atom. The van der Waals surface area contributed by atoms with Crippen molar-refractivity contribution in [3.05, 3.63) is 53.2 Å². The Labute approximate surface area is 117 Å². The van der Waals surface area contributed by atoms with Crippen LogP contribution in [0.3, 0.4) is 0 Å². The highest BCUT2D eigenvalue weighted by Gasteiger charge is 2.16. The van der Waals surface area contributed by atoms with Gasteiger partial charge in [0.1, 0.15) is 5.82 Å². The first-order chi connectivity index (χ1) is 9.60. The molecule has 2 heterocycles. The summed E-state index contributed by atoms with van der Waals surface area (Å²) in [6.45, 7) is 6.06. The van der Waals surface area contributed by atoms with Crippen LogP contribution in [0.5, 0.6) is 0 Å². The van der Waals surface area contributed by atoms with Crippen LogP contribution in [0.4, 0.5) is 4.39 Å². The van der Waals surface area contributed by atoms with Crippen molar-refractivity contribution in [1.82, 2.24) is 14.6 Å². The largest absolute Gasteiger partial charge is 0.233 e. The topological polar surface area (TPSA) is 30.2 Å². The summed E-state index contributed by atoms with van der Waals surface area (Å²) in [6.07, 6.45) is 0.814. The lowest BCUT2D eigenvalue weighted by atomic mass is 10.0. The minimum Gasteiger partial charge on any atom is -0.233 e. The van der Waals surface area contributed by atoms with E-state index in [9.17, 15) is 4.39 Å². The van der Waals surface area contributed by atoms with Crippen LogP contribution >= 0.6 is 0 Å². The molecule has 0 radical (unpaired) electrons. The molecule has 0 aliphatic rings. The van der Waals surface area contributed by atoms with E-state index in [0.29, 0.717) is 0 Å². The normalized spacial score (nSPS) is 11.2. The molecule has 0 saturated carbocycles. The zero-order valence-electron chi connectivity index (χ0n) is 11.8. The molecular formula is C16H16FN3. The van der Waals surface area contributed by atoms with Gasteiger partial charge in [0.25, 0.3) is 0 Å². The van der Waals surface area contributed by atoms with E-state index in [0.717, 1.165) is 40.3 Å². The summed E-state index contributed by atoms with van der Waals surface area (Å²) < 4.78 is 15.0. The Hall–Kier alpha value is -2.23. The van der Waals surface area contributed by atoms with Crippen molar-refractivity contribution in [3.63, 3.8) is 0 Å². The molecule has 0 unspecified atom stereocenters. The Kier molecular flexibility index (Phi) is 3.01. The second-order valence-corrected chi connectivity index (χ2v) is 4.96. The molecule has 0 atom stereocenters. The molecule has 3 rings (SSSR count). The molecule has 20 heavy (non-hydrogen) atoms. The fourth-order valence-corrected chi connectivity index (χ4v) is 2.52. The van der Waals surface area contributed by atoms with Gasteiger partial charge in [0.05, 0.1) is 5.69 Å². The average Bonchev–Trinajstić information content (AvgIpc) is 2.78. The Bertz CT molecular complexity index is 773. The Morgan fingerprint density at radius 2 is 1.85 bits per heavy atom. The van der Waals surface area contributed by atoms with Gasteiger partial charge in [-0.2, -0.15) is 5.10 Å². The van der Waals surface area contributed by atoms with Gasteiger partial charge in [-0.05, 0) is 44.0 Å². The van der Waals surface area contributed by atoms with E-state index >= 15 is 0 Å². The Balaban J connectivity index is 2.35. The standard InChI is InChI=1S/C16H16FN3/c1-4-14-15(12-5-7-13(17)8-6-12)16-18-10(2)9-11(3)20(16)19-14/h5-9H,4H2,1-3H3. The van der Waals surface area contributed by atoms with Crippen LogP contribution < -0.4 is 0 Å². The van der Waals surface area contributed by atoms with Gasteiger partial charge in [-0.3, -0.25) is 0 Å². The van der Waals surface area contributed by atoms with Crippen molar-refractivity contribution in [2.75, 3.05) is 0 Å². The van der Waals surface area contributed by atoms with Crippen LogP contribution in [0, 0.1) is 19.7 Å². The summed E-state index contributed by atoms with van der Waals surface area (Å²) in [5.74, 6) is -0.233. The van der Waals surface area contributed by atoms with Gasteiger partial charge in [-0.15, -0.1) is 0 Å². The first kappa shape index (κ1) is 12.8. The van der Waals surface area contributed by atoms with Crippen LogP contribution in [-0.2, 0) is 6.42 Å². The predicted octanol–water partition coefficient (Wildman–Crippen LogP) is 3.71. The van der Waals surface area contributed by atoms with Crippen LogP contribution in [0.25, 0.3) is 16.8 Å². The van der Waals surface area contributed by atoms with Crippen LogP contribution in [-0.4, -0.2) is 14.6 Å². The van der Waals surface area contributed by atoms with Crippen molar-refractivity contribution >= 4 is 5.65 Å². The third-order valence-electron chi connectivity index (χ3n) is 3.44. The Morgan fingerprint density at radius 3 is 2.50 bits per heavy atom. The van der Waals surface area contributed by atoms with Crippen molar-refractivity contribution in [3.8, 4) is 11.1 Å². The average molecular weight is 269 g/mol. The smallest absolute Gasteiger partial charge is 0.163 e. The summed E-state index contributed by atoms with van der Waals surface area (Å²) in [4.78, 5) is 4.61.